The number of alkyl halides is 2. The summed E-state index contributed by atoms with van der Waals surface area (Å²) >= 11 is 0. The van der Waals surface area contributed by atoms with Crippen molar-refractivity contribution in [1.82, 2.24) is 15.1 Å². The van der Waals surface area contributed by atoms with E-state index in [0.717, 1.165) is 12.1 Å². The molecule has 0 amide bonds. The molecule has 6 heteroatoms. The number of hydrogen-bond acceptors (Lipinski definition) is 2. The van der Waals surface area contributed by atoms with Crippen molar-refractivity contribution in [2.75, 3.05) is 6.54 Å². The van der Waals surface area contributed by atoms with Gasteiger partial charge >= 0.3 is 0 Å². The zero-order valence-electron chi connectivity index (χ0n) is 8.78. The minimum atomic E-state index is -2.31. The molecule has 0 aliphatic heterocycles. The van der Waals surface area contributed by atoms with Gasteiger partial charge in [-0.05, 0) is 13.8 Å². The fourth-order valence-electron chi connectivity index (χ4n) is 1.16. The van der Waals surface area contributed by atoms with Gasteiger partial charge in [-0.1, -0.05) is 0 Å². The van der Waals surface area contributed by atoms with E-state index in [0.29, 0.717) is 0 Å². The molecule has 1 atom stereocenters. The zero-order chi connectivity index (χ0) is 10.6. The molecule has 0 aromatic carbocycles. The lowest BCUT2D eigenvalue weighted by atomic mass is 10.2. The first kappa shape index (κ1) is 14.3. The molecule has 1 rings (SSSR count). The summed E-state index contributed by atoms with van der Waals surface area (Å²) in [4.78, 5) is 0. The summed E-state index contributed by atoms with van der Waals surface area (Å²) in [7, 11) is 0. The van der Waals surface area contributed by atoms with Crippen molar-refractivity contribution in [2.24, 2.45) is 0 Å². The first-order valence-electron chi connectivity index (χ1n) is 4.67. The van der Waals surface area contributed by atoms with Gasteiger partial charge in [0.15, 0.2) is 0 Å². The molecule has 1 aromatic heterocycles. The van der Waals surface area contributed by atoms with Gasteiger partial charge in [-0.15, -0.1) is 12.4 Å². The normalized spacial score (nSPS) is 12.6. The Bertz CT molecular complexity index is 278. The van der Waals surface area contributed by atoms with E-state index in [2.05, 4.69) is 10.4 Å². The number of aryl methyl sites for hydroxylation is 1. The summed E-state index contributed by atoms with van der Waals surface area (Å²) in [6.07, 6.45) is 1.26. The topological polar surface area (TPSA) is 29.9 Å². The highest BCUT2D eigenvalue weighted by Gasteiger charge is 2.09. The van der Waals surface area contributed by atoms with Gasteiger partial charge in [-0.2, -0.15) is 5.10 Å². The average molecular weight is 240 g/mol. The first-order chi connectivity index (χ1) is 6.63. The minimum Gasteiger partial charge on any atom is -0.305 e. The maximum absolute atomic E-state index is 11.9. The van der Waals surface area contributed by atoms with E-state index in [1.165, 1.54) is 0 Å². The summed E-state index contributed by atoms with van der Waals surface area (Å²) in [5.74, 6) is 0. The van der Waals surface area contributed by atoms with E-state index < -0.39 is 6.43 Å². The van der Waals surface area contributed by atoms with Crippen LogP contribution in [0.15, 0.2) is 12.4 Å². The highest BCUT2D eigenvalue weighted by atomic mass is 35.5. The molecule has 0 fully saturated rings. The predicted molar refractivity (Wildman–Crippen MR) is 57.6 cm³/mol. The lowest BCUT2D eigenvalue weighted by molar-refractivity contribution is 0.142. The van der Waals surface area contributed by atoms with E-state index in [1.807, 2.05) is 20.0 Å². The van der Waals surface area contributed by atoms with Crippen LogP contribution in [0.4, 0.5) is 8.78 Å². The van der Waals surface area contributed by atoms with Gasteiger partial charge in [0.05, 0.1) is 12.7 Å². The molecule has 1 N–H and O–H groups in total. The van der Waals surface area contributed by atoms with Gasteiger partial charge in [0.2, 0.25) is 0 Å². The molecule has 15 heavy (non-hydrogen) atoms. The summed E-state index contributed by atoms with van der Waals surface area (Å²) in [6, 6.07) is -0.0794. The van der Waals surface area contributed by atoms with Gasteiger partial charge in [-0.3, -0.25) is 4.68 Å². The van der Waals surface area contributed by atoms with Gasteiger partial charge < -0.3 is 5.32 Å². The fourth-order valence-corrected chi connectivity index (χ4v) is 1.16. The summed E-state index contributed by atoms with van der Waals surface area (Å²) < 4.78 is 25.6. The summed E-state index contributed by atoms with van der Waals surface area (Å²) in [5, 5.41) is 6.80. The maximum atomic E-state index is 11.9. The monoisotopic (exact) mass is 239 g/mol. The van der Waals surface area contributed by atoms with Crippen LogP contribution in [-0.2, 0) is 6.54 Å². The highest BCUT2D eigenvalue weighted by Crippen LogP contribution is 2.10. The van der Waals surface area contributed by atoms with Crippen molar-refractivity contribution < 1.29 is 8.78 Å². The van der Waals surface area contributed by atoms with Crippen molar-refractivity contribution in [1.29, 1.82) is 0 Å². The van der Waals surface area contributed by atoms with Gasteiger partial charge in [0, 0.05) is 24.3 Å². The molecule has 0 bridgehead atoms. The van der Waals surface area contributed by atoms with Gasteiger partial charge in [-0.25, -0.2) is 8.78 Å². The Morgan fingerprint density at radius 3 is 2.67 bits per heavy atom. The Kier molecular flexibility index (Phi) is 6.43. The van der Waals surface area contributed by atoms with Crippen molar-refractivity contribution in [3.05, 3.63) is 18.0 Å². The molecule has 0 saturated heterocycles. The molecule has 88 valence electrons. The van der Waals surface area contributed by atoms with Crippen molar-refractivity contribution >= 4 is 12.4 Å². The standard InChI is InChI=1S/C9H15F2N3.ClH/c1-3-14-6-8(4-13-14)7(2)12-5-9(10)11;/h4,6-7,9,12H,3,5H2,1-2H3;1H. The quantitative estimate of drug-likeness (QED) is 0.854. The van der Waals surface area contributed by atoms with E-state index in [4.69, 9.17) is 0 Å². The van der Waals surface area contributed by atoms with Crippen LogP contribution in [0.2, 0.25) is 0 Å². The van der Waals surface area contributed by atoms with Crippen LogP contribution < -0.4 is 5.32 Å². The third-order valence-corrected chi connectivity index (χ3v) is 2.06. The molecule has 0 saturated carbocycles. The number of halogens is 3. The molecule has 3 nitrogen and oxygen atoms in total. The van der Waals surface area contributed by atoms with Crippen LogP contribution in [0.25, 0.3) is 0 Å². The molecule has 1 heterocycles. The SMILES string of the molecule is CCn1cc(C(C)NCC(F)F)cn1.Cl. The van der Waals surface area contributed by atoms with Crippen LogP contribution in [0.1, 0.15) is 25.5 Å². The number of nitrogens with zero attached hydrogens (tertiary/aromatic N) is 2. The smallest absolute Gasteiger partial charge is 0.250 e. The van der Waals surface area contributed by atoms with Gasteiger partial charge in [0.25, 0.3) is 6.43 Å². The Morgan fingerprint density at radius 1 is 1.53 bits per heavy atom. The lowest BCUT2D eigenvalue weighted by Crippen LogP contribution is -2.24. The zero-order valence-corrected chi connectivity index (χ0v) is 9.60. The van der Waals surface area contributed by atoms with Crippen molar-refractivity contribution in [2.45, 2.75) is 32.9 Å². The number of nitrogens with one attached hydrogen (secondary N) is 1. The van der Waals surface area contributed by atoms with E-state index in [9.17, 15) is 8.78 Å². The second-order valence-corrected chi connectivity index (χ2v) is 3.15. The largest absolute Gasteiger partial charge is 0.305 e. The van der Waals surface area contributed by atoms with Crippen molar-refractivity contribution in [3.63, 3.8) is 0 Å². The lowest BCUT2D eigenvalue weighted by Gasteiger charge is -2.10. The number of aromatic nitrogens is 2. The van der Waals surface area contributed by atoms with Crippen molar-refractivity contribution in [3.8, 4) is 0 Å². The molecule has 0 aliphatic carbocycles. The fraction of sp³-hybridized carbons (Fsp3) is 0.667. The molecular weight excluding hydrogens is 224 g/mol. The Labute approximate surface area is 94.3 Å². The van der Waals surface area contributed by atoms with Gasteiger partial charge in [0.1, 0.15) is 0 Å². The molecule has 0 radical (unpaired) electrons. The van der Waals surface area contributed by atoms with Crippen LogP contribution >= 0.6 is 12.4 Å². The third-order valence-electron chi connectivity index (χ3n) is 2.06. The van der Waals surface area contributed by atoms with Crippen LogP contribution in [0.3, 0.4) is 0 Å². The van der Waals surface area contributed by atoms with E-state index >= 15 is 0 Å². The van der Waals surface area contributed by atoms with Crippen LogP contribution in [0.5, 0.6) is 0 Å². The summed E-state index contributed by atoms with van der Waals surface area (Å²) in [5.41, 5.74) is 0.938. The molecular formula is C9H16ClF2N3. The predicted octanol–water partition coefficient (Wildman–Crippen LogP) is 2.24. The highest BCUT2D eigenvalue weighted by molar-refractivity contribution is 5.85. The van der Waals surface area contributed by atoms with Crippen LogP contribution in [-0.4, -0.2) is 22.8 Å². The molecule has 1 unspecified atom stereocenters. The number of hydrogen-bond donors (Lipinski definition) is 1. The average Bonchev–Trinajstić information content (AvgIpc) is 2.62. The minimum absolute atomic E-state index is 0. The Hall–Kier alpha value is -0.680. The third kappa shape index (κ3) is 4.57. The maximum Gasteiger partial charge on any atom is 0.250 e. The second kappa shape index (κ2) is 6.74. The molecule has 0 spiro atoms. The summed E-state index contributed by atoms with van der Waals surface area (Å²) in [6.45, 7) is 4.34. The second-order valence-electron chi connectivity index (χ2n) is 3.15. The Morgan fingerprint density at radius 2 is 2.20 bits per heavy atom. The molecule has 1 aromatic rings. The van der Waals surface area contributed by atoms with Crippen LogP contribution in [0, 0.1) is 0 Å². The number of rotatable bonds is 5. The van der Waals surface area contributed by atoms with E-state index in [1.54, 1.807) is 10.9 Å². The first-order valence-corrected chi connectivity index (χ1v) is 4.67. The van der Waals surface area contributed by atoms with E-state index in [-0.39, 0.29) is 25.0 Å². The molecule has 0 aliphatic rings. The Balaban J connectivity index is 0.00000196.